The van der Waals surface area contributed by atoms with E-state index in [1.165, 1.54) is 0 Å². The molecule has 1 fully saturated rings. The molecule has 1 rings (SSSR count). The molecule has 1 aliphatic heterocycles. The molecule has 0 atom stereocenters. The van der Waals surface area contributed by atoms with E-state index in [4.69, 9.17) is 0 Å². The van der Waals surface area contributed by atoms with Gasteiger partial charge in [-0.2, -0.15) is 0 Å². The first-order chi connectivity index (χ1) is 6.05. The molecule has 0 radical (unpaired) electrons. The first-order valence-electron chi connectivity index (χ1n) is 5.04. The summed E-state index contributed by atoms with van der Waals surface area (Å²) in [6, 6.07) is 0. The van der Waals surface area contributed by atoms with Gasteiger partial charge < -0.3 is 0 Å². The molecule has 1 aliphatic rings. The van der Waals surface area contributed by atoms with Gasteiger partial charge in [-0.1, -0.05) is 13.8 Å². The van der Waals surface area contributed by atoms with Gasteiger partial charge in [0.15, 0.2) is 0 Å². The molecule has 1 heterocycles. The highest BCUT2D eigenvalue weighted by Crippen LogP contribution is 2.15. The van der Waals surface area contributed by atoms with Crippen molar-refractivity contribution in [3.8, 4) is 0 Å². The van der Waals surface area contributed by atoms with Gasteiger partial charge in [0.1, 0.15) is 0 Å². The molecule has 1 saturated heterocycles. The molecule has 0 aromatic rings. The fourth-order valence-electron chi connectivity index (χ4n) is 1.24. The summed E-state index contributed by atoms with van der Waals surface area (Å²) in [6.45, 7) is 8.91. The molecule has 3 nitrogen and oxygen atoms in total. The molecule has 0 bridgehead atoms. The summed E-state index contributed by atoms with van der Waals surface area (Å²) in [4.78, 5) is 0. The van der Waals surface area contributed by atoms with Crippen molar-refractivity contribution in [1.82, 2.24) is 4.31 Å². The van der Waals surface area contributed by atoms with Crippen molar-refractivity contribution in [3.05, 3.63) is 0 Å². The average Bonchev–Trinajstić information content (AvgIpc) is 2.60. The zero-order valence-corrected chi connectivity index (χ0v) is 9.89. The van der Waals surface area contributed by atoms with Gasteiger partial charge in [0, 0.05) is 13.1 Å². The summed E-state index contributed by atoms with van der Waals surface area (Å²) >= 11 is 0. The summed E-state index contributed by atoms with van der Waals surface area (Å²) in [5, 5.41) is -0.263. The Morgan fingerprint density at radius 2 is 1.46 bits per heavy atom. The predicted molar refractivity (Wildman–Crippen MR) is 56.2 cm³/mol. The number of sulfonamides is 1. The standard InChI is InChI=1S/C7H15NO2S.C2H6/c1-7(2)11(9,10)8-5-3-4-6-8;1-2/h7H,3-6H2,1-2H3;1-2H3. The van der Waals surface area contributed by atoms with E-state index in [0.717, 1.165) is 25.9 Å². The number of hydrogen-bond donors (Lipinski definition) is 0. The van der Waals surface area contributed by atoms with E-state index in [2.05, 4.69) is 0 Å². The number of nitrogens with zero attached hydrogens (tertiary/aromatic N) is 1. The highest BCUT2D eigenvalue weighted by Gasteiger charge is 2.27. The Hall–Kier alpha value is -0.0900. The molecule has 13 heavy (non-hydrogen) atoms. The second kappa shape index (κ2) is 5.60. The third-order valence-electron chi connectivity index (χ3n) is 2.02. The lowest BCUT2D eigenvalue weighted by molar-refractivity contribution is 0.470. The topological polar surface area (TPSA) is 37.4 Å². The van der Waals surface area contributed by atoms with Gasteiger partial charge in [0.05, 0.1) is 5.25 Å². The fourth-order valence-corrected chi connectivity index (χ4v) is 2.60. The average molecular weight is 207 g/mol. The van der Waals surface area contributed by atoms with Crippen LogP contribution in [0.3, 0.4) is 0 Å². The first kappa shape index (κ1) is 12.9. The minimum atomic E-state index is -2.94. The summed E-state index contributed by atoms with van der Waals surface area (Å²) in [6.07, 6.45) is 2.04. The quantitative estimate of drug-likeness (QED) is 0.693. The molecule has 4 heteroatoms. The lowest BCUT2D eigenvalue weighted by atomic mass is 10.4. The Morgan fingerprint density at radius 1 is 1.08 bits per heavy atom. The van der Waals surface area contributed by atoms with E-state index >= 15 is 0 Å². The Kier molecular flexibility index (Phi) is 5.56. The summed E-state index contributed by atoms with van der Waals surface area (Å²) < 4.78 is 24.5. The summed E-state index contributed by atoms with van der Waals surface area (Å²) in [5.41, 5.74) is 0. The smallest absolute Gasteiger partial charge is 0.212 e. The second-order valence-corrected chi connectivity index (χ2v) is 5.69. The lowest BCUT2D eigenvalue weighted by Gasteiger charge is -2.17. The lowest BCUT2D eigenvalue weighted by Crippen LogP contribution is -2.33. The first-order valence-corrected chi connectivity index (χ1v) is 6.54. The molecule has 0 spiro atoms. The Bertz CT molecular complexity index is 216. The van der Waals surface area contributed by atoms with Crippen LogP contribution in [-0.4, -0.2) is 31.1 Å². The molecule has 0 unspecified atom stereocenters. The van der Waals surface area contributed by atoms with E-state index in [1.54, 1.807) is 18.2 Å². The van der Waals surface area contributed by atoms with Gasteiger partial charge in [-0.25, -0.2) is 12.7 Å². The van der Waals surface area contributed by atoms with Crippen LogP contribution in [0.15, 0.2) is 0 Å². The minimum absolute atomic E-state index is 0.263. The zero-order valence-electron chi connectivity index (χ0n) is 9.08. The SMILES string of the molecule is CC.CC(C)S(=O)(=O)N1CCCC1. The Morgan fingerprint density at radius 3 is 1.77 bits per heavy atom. The van der Waals surface area contributed by atoms with Crippen molar-refractivity contribution in [2.24, 2.45) is 0 Å². The maximum absolute atomic E-state index is 11.5. The minimum Gasteiger partial charge on any atom is -0.212 e. The molecule has 0 aliphatic carbocycles. The van der Waals surface area contributed by atoms with E-state index in [9.17, 15) is 8.42 Å². The van der Waals surface area contributed by atoms with Crippen molar-refractivity contribution in [2.45, 2.75) is 45.8 Å². The van der Waals surface area contributed by atoms with Gasteiger partial charge in [0.25, 0.3) is 0 Å². The molecular formula is C9H21NO2S. The van der Waals surface area contributed by atoms with E-state index in [1.807, 2.05) is 13.8 Å². The zero-order chi connectivity index (χ0) is 10.5. The normalized spacial score (nSPS) is 18.5. The van der Waals surface area contributed by atoms with Crippen LogP contribution in [0, 0.1) is 0 Å². The van der Waals surface area contributed by atoms with E-state index in [0.29, 0.717) is 0 Å². The van der Waals surface area contributed by atoms with Gasteiger partial charge in [0.2, 0.25) is 10.0 Å². The van der Waals surface area contributed by atoms with Crippen LogP contribution in [-0.2, 0) is 10.0 Å². The monoisotopic (exact) mass is 207 g/mol. The highest BCUT2D eigenvalue weighted by atomic mass is 32.2. The van der Waals surface area contributed by atoms with Crippen LogP contribution in [0.4, 0.5) is 0 Å². The van der Waals surface area contributed by atoms with Gasteiger partial charge in [-0.3, -0.25) is 0 Å². The third kappa shape index (κ3) is 3.27. The molecule has 0 aromatic heterocycles. The van der Waals surface area contributed by atoms with Crippen LogP contribution in [0.2, 0.25) is 0 Å². The van der Waals surface area contributed by atoms with Crippen LogP contribution in [0.25, 0.3) is 0 Å². The van der Waals surface area contributed by atoms with Crippen molar-refractivity contribution >= 4 is 10.0 Å². The maximum atomic E-state index is 11.5. The highest BCUT2D eigenvalue weighted by molar-refractivity contribution is 7.89. The van der Waals surface area contributed by atoms with Crippen LogP contribution < -0.4 is 0 Å². The van der Waals surface area contributed by atoms with Crippen molar-refractivity contribution < 1.29 is 8.42 Å². The largest absolute Gasteiger partial charge is 0.216 e. The van der Waals surface area contributed by atoms with Gasteiger partial charge >= 0.3 is 0 Å². The molecule has 80 valence electrons. The Labute approximate surface area is 82.2 Å². The molecule has 0 N–H and O–H groups in total. The summed E-state index contributed by atoms with van der Waals surface area (Å²) in [7, 11) is -2.94. The molecule has 0 saturated carbocycles. The predicted octanol–water partition coefficient (Wildman–Crippen LogP) is 1.85. The van der Waals surface area contributed by atoms with Crippen molar-refractivity contribution in [3.63, 3.8) is 0 Å². The molecule has 0 amide bonds. The third-order valence-corrected chi connectivity index (χ3v) is 4.30. The number of rotatable bonds is 2. The maximum Gasteiger partial charge on any atom is 0.216 e. The van der Waals surface area contributed by atoms with Crippen LogP contribution in [0.1, 0.15) is 40.5 Å². The van der Waals surface area contributed by atoms with Crippen molar-refractivity contribution in [1.29, 1.82) is 0 Å². The Balaban J connectivity index is 0.000000671. The molecular weight excluding hydrogens is 186 g/mol. The van der Waals surface area contributed by atoms with Crippen LogP contribution in [0.5, 0.6) is 0 Å². The number of hydrogen-bond acceptors (Lipinski definition) is 2. The fraction of sp³-hybridized carbons (Fsp3) is 1.00. The van der Waals surface area contributed by atoms with Crippen LogP contribution >= 0.6 is 0 Å². The van der Waals surface area contributed by atoms with Gasteiger partial charge in [-0.05, 0) is 26.7 Å². The summed E-state index contributed by atoms with van der Waals surface area (Å²) in [5.74, 6) is 0. The van der Waals surface area contributed by atoms with Gasteiger partial charge in [-0.15, -0.1) is 0 Å². The van der Waals surface area contributed by atoms with E-state index in [-0.39, 0.29) is 5.25 Å². The molecule has 0 aromatic carbocycles. The van der Waals surface area contributed by atoms with E-state index < -0.39 is 10.0 Å². The van der Waals surface area contributed by atoms with Crippen molar-refractivity contribution in [2.75, 3.05) is 13.1 Å². The second-order valence-electron chi connectivity index (χ2n) is 3.20.